The Balaban J connectivity index is 2.14. The van der Waals surface area contributed by atoms with E-state index in [0.717, 1.165) is 23.3 Å². The van der Waals surface area contributed by atoms with Crippen LogP contribution in [0.4, 0.5) is 0 Å². The Labute approximate surface area is 121 Å². The second-order valence-corrected chi connectivity index (χ2v) is 5.40. The van der Waals surface area contributed by atoms with E-state index in [1.165, 1.54) is 11.1 Å². The Bertz CT molecular complexity index is 510. The van der Waals surface area contributed by atoms with Crippen molar-refractivity contribution in [3.05, 3.63) is 52.8 Å². The molecule has 4 heteroatoms. The van der Waals surface area contributed by atoms with Gasteiger partial charge in [0.25, 0.3) is 0 Å². The van der Waals surface area contributed by atoms with Crippen molar-refractivity contribution in [2.24, 2.45) is 0 Å². The van der Waals surface area contributed by atoms with Crippen LogP contribution in [-0.2, 0) is 13.0 Å². The molecule has 0 bridgehead atoms. The molecule has 1 aromatic heterocycles. The van der Waals surface area contributed by atoms with Gasteiger partial charge >= 0.3 is 0 Å². The van der Waals surface area contributed by atoms with Crippen molar-refractivity contribution < 1.29 is 0 Å². The average molecular weight is 328 g/mol. The molecule has 0 amide bonds. The predicted molar refractivity (Wildman–Crippen MR) is 79.6 cm³/mol. The Kier molecular flexibility index (Phi) is 4.84. The first kappa shape index (κ1) is 13.6. The fourth-order valence-corrected chi connectivity index (χ4v) is 2.79. The van der Waals surface area contributed by atoms with Crippen LogP contribution in [0.25, 0.3) is 0 Å². The number of halogens is 2. The molecule has 0 radical (unpaired) electrons. The smallest absolute Gasteiger partial charge is 0.0521 e. The molecule has 2 rings (SSSR count). The minimum Gasteiger partial charge on any atom is -0.273 e. The van der Waals surface area contributed by atoms with E-state index >= 15 is 0 Å². The average Bonchev–Trinajstić information content (AvgIpc) is 2.83. The first-order valence-corrected chi connectivity index (χ1v) is 7.55. The SMILES string of the molecule is CCn1cc(CC(CBr)c2cccc(Cl)c2)cn1. The maximum Gasteiger partial charge on any atom is 0.0521 e. The lowest BCUT2D eigenvalue weighted by molar-refractivity contribution is 0.658. The summed E-state index contributed by atoms with van der Waals surface area (Å²) in [6.07, 6.45) is 5.04. The molecule has 0 fully saturated rings. The Hall–Kier alpha value is -0.800. The van der Waals surface area contributed by atoms with E-state index in [4.69, 9.17) is 11.6 Å². The van der Waals surface area contributed by atoms with Gasteiger partial charge in [-0.3, -0.25) is 4.68 Å². The van der Waals surface area contributed by atoms with Crippen LogP contribution in [0.1, 0.15) is 24.0 Å². The Morgan fingerprint density at radius 3 is 2.89 bits per heavy atom. The van der Waals surface area contributed by atoms with Crippen molar-refractivity contribution >= 4 is 27.5 Å². The third kappa shape index (κ3) is 3.36. The monoisotopic (exact) mass is 326 g/mol. The molecule has 2 aromatic rings. The van der Waals surface area contributed by atoms with E-state index in [9.17, 15) is 0 Å². The van der Waals surface area contributed by atoms with Crippen molar-refractivity contribution in [2.75, 3.05) is 5.33 Å². The van der Waals surface area contributed by atoms with E-state index in [1.54, 1.807) is 0 Å². The van der Waals surface area contributed by atoms with Crippen molar-refractivity contribution in [1.29, 1.82) is 0 Å². The summed E-state index contributed by atoms with van der Waals surface area (Å²) in [4.78, 5) is 0. The Morgan fingerprint density at radius 2 is 2.28 bits per heavy atom. The molecule has 0 aliphatic heterocycles. The predicted octanol–water partition coefficient (Wildman–Crippen LogP) is 4.28. The van der Waals surface area contributed by atoms with Crippen molar-refractivity contribution in [3.8, 4) is 0 Å². The Morgan fingerprint density at radius 1 is 1.44 bits per heavy atom. The lowest BCUT2D eigenvalue weighted by atomic mass is 9.95. The largest absolute Gasteiger partial charge is 0.273 e. The van der Waals surface area contributed by atoms with Crippen LogP contribution in [0, 0.1) is 0 Å². The number of aryl methyl sites for hydroxylation is 1. The van der Waals surface area contributed by atoms with Crippen molar-refractivity contribution in [2.45, 2.75) is 25.8 Å². The van der Waals surface area contributed by atoms with Gasteiger partial charge in [0.1, 0.15) is 0 Å². The second-order valence-electron chi connectivity index (χ2n) is 4.31. The van der Waals surface area contributed by atoms with Crippen LogP contribution < -0.4 is 0 Å². The molecule has 0 spiro atoms. The number of nitrogens with zero attached hydrogens (tertiary/aromatic N) is 2. The summed E-state index contributed by atoms with van der Waals surface area (Å²) < 4.78 is 1.96. The van der Waals surface area contributed by atoms with Crippen LogP contribution in [0.3, 0.4) is 0 Å². The van der Waals surface area contributed by atoms with Gasteiger partial charge in [0.15, 0.2) is 0 Å². The molecule has 0 aliphatic carbocycles. The van der Waals surface area contributed by atoms with Crippen LogP contribution >= 0.6 is 27.5 Å². The van der Waals surface area contributed by atoms with Crippen LogP contribution in [0.2, 0.25) is 5.02 Å². The number of benzene rings is 1. The van der Waals surface area contributed by atoms with E-state index in [2.05, 4.69) is 40.2 Å². The summed E-state index contributed by atoms with van der Waals surface area (Å²) in [7, 11) is 0. The summed E-state index contributed by atoms with van der Waals surface area (Å²) in [5.41, 5.74) is 2.53. The van der Waals surface area contributed by atoms with Gasteiger partial charge in [0.2, 0.25) is 0 Å². The molecule has 1 atom stereocenters. The van der Waals surface area contributed by atoms with Gasteiger partial charge in [-0.2, -0.15) is 5.10 Å². The van der Waals surface area contributed by atoms with Gasteiger partial charge in [-0.25, -0.2) is 0 Å². The molecule has 1 aromatic carbocycles. The van der Waals surface area contributed by atoms with Crippen molar-refractivity contribution in [3.63, 3.8) is 0 Å². The molecule has 1 unspecified atom stereocenters. The molecule has 0 N–H and O–H groups in total. The van der Waals surface area contributed by atoms with Crippen molar-refractivity contribution in [1.82, 2.24) is 9.78 Å². The van der Waals surface area contributed by atoms with Gasteiger partial charge in [0.05, 0.1) is 6.20 Å². The first-order chi connectivity index (χ1) is 8.72. The second kappa shape index (κ2) is 6.39. The number of alkyl halides is 1. The molecule has 0 saturated heterocycles. The molecule has 96 valence electrons. The lowest BCUT2D eigenvalue weighted by Crippen LogP contribution is -2.04. The highest BCUT2D eigenvalue weighted by Gasteiger charge is 2.12. The third-order valence-electron chi connectivity index (χ3n) is 3.00. The zero-order valence-electron chi connectivity index (χ0n) is 10.3. The molecule has 1 heterocycles. The van der Waals surface area contributed by atoms with E-state index in [-0.39, 0.29) is 0 Å². The third-order valence-corrected chi connectivity index (χ3v) is 4.02. The van der Waals surface area contributed by atoms with Crippen LogP contribution in [0.5, 0.6) is 0 Å². The van der Waals surface area contributed by atoms with Gasteiger partial charge < -0.3 is 0 Å². The minimum atomic E-state index is 0.429. The van der Waals surface area contributed by atoms with Gasteiger partial charge in [-0.1, -0.05) is 39.7 Å². The molecular formula is C14H16BrClN2. The fourth-order valence-electron chi connectivity index (χ4n) is 1.99. The summed E-state index contributed by atoms with van der Waals surface area (Å²) >= 11 is 9.63. The summed E-state index contributed by atoms with van der Waals surface area (Å²) in [6.45, 7) is 3.01. The van der Waals surface area contributed by atoms with E-state index in [0.29, 0.717) is 5.92 Å². The fraction of sp³-hybridized carbons (Fsp3) is 0.357. The van der Waals surface area contributed by atoms with E-state index in [1.807, 2.05) is 29.1 Å². The number of aromatic nitrogens is 2. The highest BCUT2D eigenvalue weighted by Crippen LogP contribution is 2.25. The molecule has 2 nitrogen and oxygen atoms in total. The van der Waals surface area contributed by atoms with E-state index < -0.39 is 0 Å². The summed E-state index contributed by atoms with van der Waals surface area (Å²) in [5.74, 6) is 0.429. The zero-order valence-corrected chi connectivity index (χ0v) is 12.7. The van der Waals surface area contributed by atoms with Crippen LogP contribution in [0.15, 0.2) is 36.7 Å². The molecule has 0 aliphatic rings. The van der Waals surface area contributed by atoms with Gasteiger partial charge in [-0.05, 0) is 42.5 Å². The number of hydrogen-bond acceptors (Lipinski definition) is 1. The standard InChI is InChI=1S/C14H16BrClN2/c1-2-18-10-11(9-17-18)6-13(8-15)12-4-3-5-14(16)7-12/h3-5,7,9-10,13H,2,6,8H2,1H3. The van der Waals surface area contributed by atoms with Crippen LogP contribution in [-0.4, -0.2) is 15.1 Å². The lowest BCUT2D eigenvalue weighted by Gasteiger charge is -2.13. The molecule has 0 saturated carbocycles. The highest BCUT2D eigenvalue weighted by atomic mass is 79.9. The number of hydrogen-bond donors (Lipinski definition) is 0. The summed E-state index contributed by atoms with van der Waals surface area (Å²) in [5, 5.41) is 6.02. The summed E-state index contributed by atoms with van der Waals surface area (Å²) in [6, 6.07) is 8.08. The molecular weight excluding hydrogens is 312 g/mol. The maximum atomic E-state index is 6.04. The molecule has 18 heavy (non-hydrogen) atoms. The van der Waals surface area contributed by atoms with Gasteiger partial charge in [0, 0.05) is 23.1 Å². The maximum absolute atomic E-state index is 6.04. The topological polar surface area (TPSA) is 17.8 Å². The minimum absolute atomic E-state index is 0.429. The number of rotatable bonds is 5. The first-order valence-electron chi connectivity index (χ1n) is 6.05. The highest BCUT2D eigenvalue weighted by molar-refractivity contribution is 9.09. The zero-order chi connectivity index (χ0) is 13.0. The normalized spacial score (nSPS) is 12.6. The quantitative estimate of drug-likeness (QED) is 0.750. The van der Waals surface area contributed by atoms with Gasteiger partial charge in [-0.15, -0.1) is 0 Å².